The summed E-state index contributed by atoms with van der Waals surface area (Å²) in [5.74, 6) is -0.819. The molecule has 3 nitrogen and oxygen atoms in total. The van der Waals surface area contributed by atoms with Crippen molar-refractivity contribution in [3.63, 3.8) is 0 Å². The van der Waals surface area contributed by atoms with E-state index in [0.717, 1.165) is 15.7 Å². The van der Waals surface area contributed by atoms with Crippen LogP contribution < -0.4 is 5.32 Å². The van der Waals surface area contributed by atoms with E-state index in [1.54, 1.807) is 6.92 Å². The molecule has 1 heterocycles. The van der Waals surface area contributed by atoms with E-state index in [9.17, 15) is 4.79 Å². The van der Waals surface area contributed by atoms with Crippen LogP contribution in [-0.2, 0) is 11.2 Å². The zero-order valence-electron chi connectivity index (χ0n) is 7.67. The summed E-state index contributed by atoms with van der Waals surface area (Å²) in [6.07, 6.45) is 0.513. The van der Waals surface area contributed by atoms with Gasteiger partial charge in [0.2, 0.25) is 0 Å². The van der Waals surface area contributed by atoms with E-state index in [0.29, 0.717) is 6.42 Å². The van der Waals surface area contributed by atoms with Crippen LogP contribution in [0.3, 0.4) is 0 Å². The Morgan fingerprint density at radius 2 is 2.36 bits per heavy atom. The van der Waals surface area contributed by atoms with Crippen molar-refractivity contribution in [2.24, 2.45) is 0 Å². The first kappa shape index (κ1) is 9.52. The molecule has 14 heavy (non-hydrogen) atoms. The number of aliphatic carboxylic acids is 1. The molecule has 0 spiro atoms. The molecule has 1 atom stereocenters. The third-order valence-electron chi connectivity index (χ3n) is 2.53. The van der Waals surface area contributed by atoms with Gasteiger partial charge in [-0.25, -0.2) is 4.79 Å². The summed E-state index contributed by atoms with van der Waals surface area (Å²) >= 11 is 3.42. The van der Waals surface area contributed by atoms with Crippen LogP contribution in [0.15, 0.2) is 22.7 Å². The SMILES string of the molecule is CC1(C(=O)O)Cc2c(Br)cccc2N1. The standard InChI is InChI=1S/C10H10BrNO2/c1-10(9(13)14)5-6-7(11)3-2-4-8(6)12-10/h2-4,12H,5H2,1H3,(H,13,14). The number of halogens is 1. The molecule has 1 aliphatic heterocycles. The van der Waals surface area contributed by atoms with Crippen molar-refractivity contribution < 1.29 is 9.90 Å². The summed E-state index contributed by atoms with van der Waals surface area (Å²) in [6.45, 7) is 1.70. The average Bonchev–Trinajstić information content (AvgIpc) is 2.45. The molecule has 0 aliphatic carbocycles. The molecule has 1 aliphatic rings. The Labute approximate surface area is 90.3 Å². The van der Waals surface area contributed by atoms with Crippen LogP contribution in [0.25, 0.3) is 0 Å². The molecule has 2 N–H and O–H groups in total. The number of hydrogen-bond donors (Lipinski definition) is 2. The third kappa shape index (κ3) is 1.30. The highest BCUT2D eigenvalue weighted by atomic mass is 79.9. The molecule has 0 bridgehead atoms. The van der Waals surface area contributed by atoms with Crippen LogP contribution >= 0.6 is 15.9 Å². The lowest BCUT2D eigenvalue weighted by molar-refractivity contribution is -0.141. The van der Waals surface area contributed by atoms with E-state index in [-0.39, 0.29) is 0 Å². The Bertz CT molecular complexity index is 405. The monoisotopic (exact) mass is 255 g/mol. The minimum absolute atomic E-state index is 0.513. The molecular weight excluding hydrogens is 246 g/mol. The summed E-state index contributed by atoms with van der Waals surface area (Å²) in [5, 5.41) is 12.1. The largest absolute Gasteiger partial charge is 0.480 e. The Kier molecular flexibility index (Phi) is 2.03. The Hall–Kier alpha value is -1.03. The number of nitrogens with one attached hydrogen (secondary N) is 1. The van der Waals surface area contributed by atoms with Gasteiger partial charge >= 0.3 is 5.97 Å². The second kappa shape index (κ2) is 2.98. The number of carbonyl (C=O) groups is 1. The summed E-state index contributed by atoms with van der Waals surface area (Å²) in [4.78, 5) is 11.0. The number of rotatable bonds is 1. The maximum Gasteiger partial charge on any atom is 0.329 e. The van der Waals surface area contributed by atoms with Gasteiger partial charge in [0, 0.05) is 16.6 Å². The molecule has 1 aromatic carbocycles. The third-order valence-corrected chi connectivity index (χ3v) is 3.27. The lowest BCUT2D eigenvalue weighted by Gasteiger charge is -2.18. The van der Waals surface area contributed by atoms with E-state index in [2.05, 4.69) is 21.2 Å². The fourth-order valence-electron chi connectivity index (χ4n) is 1.68. The second-order valence-electron chi connectivity index (χ2n) is 3.70. The molecule has 1 aromatic rings. The van der Waals surface area contributed by atoms with Gasteiger partial charge in [-0.3, -0.25) is 0 Å². The van der Waals surface area contributed by atoms with E-state index < -0.39 is 11.5 Å². The molecule has 1 unspecified atom stereocenters. The van der Waals surface area contributed by atoms with Gasteiger partial charge in [0.15, 0.2) is 0 Å². The predicted molar refractivity (Wildman–Crippen MR) is 57.5 cm³/mol. The maximum atomic E-state index is 11.0. The zero-order valence-corrected chi connectivity index (χ0v) is 9.26. The molecule has 0 radical (unpaired) electrons. The lowest BCUT2D eigenvalue weighted by atomic mass is 9.98. The summed E-state index contributed by atoms with van der Waals surface area (Å²) in [7, 11) is 0. The van der Waals surface area contributed by atoms with Gasteiger partial charge in [0.1, 0.15) is 5.54 Å². The minimum atomic E-state index is -0.869. The fraction of sp³-hybridized carbons (Fsp3) is 0.300. The zero-order chi connectivity index (χ0) is 10.3. The van der Waals surface area contributed by atoms with Crippen LogP contribution in [0.1, 0.15) is 12.5 Å². The Balaban J connectivity index is 2.44. The van der Waals surface area contributed by atoms with Crippen molar-refractivity contribution in [1.82, 2.24) is 0 Å². The first-order chi connectivity index (χ1) is 6.53. The Morgan fingerprint density at radius 1 is 1.64 bits per heavy atom. The van der Waals surface area contributed by atoms with Crippen LogP contribution in [0.5, 0.6) is 0 Å². The van der Waals surface area contributed by atoms with Gasteiger partial charge in [-0.1, -0.05) is 22.0 Å². The maximum absolute atomic E-state index is 11.0. The minimum Gasteiger partial charge on any atom is -0.480 e. The molecule has 0 fully saturated rings. The number of anilines is 1. The summed E-state index contributed by atoms with van der Waals surface area (Å²) in [6, 6.07) is 5.71. The topological polar surface area (TPSA) is 49.3 Å². The van der Waals surface area contributed by atoms with Crippen molar-refractivity contribution in [3.05, 3.63) is 28.2 Å². The first-order valence-electron chi connectivity index (χ1n) is 4.32. The highest BCUT2D eigenvalue weighted by Gasteiger charge is 2.39. The van der Waals surface area contributed by atoms with Gasteiger partial charge in [-0.15, -0.1) is 0 Å². The van der Waals surface area contributed by atoms with Crippen LogP contribution in [-0.4, -0.2) is 16.6 Å². The normalized spacial score (nSPS) is 24.1. The van der Waals surface area contributed by atoms with E-state index in [4.69, 9.17) is 5.11 Å². The number of fused-ring (bicyclic) bond motifs is 1. The first-order valence-corrected chi connectivity index (χ1v) is 5.11. The van der Waals surface area contributed by atoms with E-state index in [1.165, 1.54) is 0 Å². The highest BCUT2D eigenvalue weighted by Crippen LogP contribution is 2.36. The van der Waals surface area contributed by atoms with E-state index in [1.807, 2.05) is 18.2 Å². The summed E-state index contributed by atoms with van der Waals surface area (Å²) in [5.41, 5.74) is 1.08. The lowest BCUT2D eigenvalue weighted by Crippen LogP contribution is -2.41. The molecule has 0 saturated carbocycles. The molecule has 2 rings (SSSR count). The number of benzene rings is 1. The fourth-order valence-corrected chi connectivity index (χ4v) is 2.19. The van der Waals surface area contributed by atoms with Gasteiger partial charge < -0.3 is 10.4 Å². The van der Waals surface area contributed by atoms with E-state index >= 15 is 0 Å². The van der Waals surface area contributed by atoms with Crippen LogP contribution in [0.4, 0.5) is 5.69 Å². The molecule has 0 aromatic heterocycles. The smallest absolute Gasteiger partial charge is 0.329 e. The predicted octanol–water partition coefficient (Wildman–Crippen LogP) is 2.26. The highest BCUT2D eigenvalue weighted by molar-refractivity contribution is 9.10. The molecule has 0 amide bonds. The second-order valence-corrected chi connectivity index (χ2v) is 4.56. The van der Waals surface area contributed by atoms with Crippen molar-refractivity contribution >= 4 is 27.6 Å². The van der Waals surface area contributed by atoms with Gasteiger partial charge in [-0.05, 0) is 24.6 Å². The number of hydrogen-bond acceptors (Lipinski definition) is 2. The van der Waals surface area contributed by atoms with Gasteiger partial charge in [-0.2, -0.15) is 0 Å². The average molecular weight is 256 g/mol. The molecule has 0 saturated heterocycles. The van der Waals surface area contributed by atoms with Crippen molar-refractivity contribution in [2.45, 2.75) is 18.9 Å². The van der Waals surface area contributed by atoms with Crippen LogP contribution in [0, 0.1) is 0 Å². The number of carboxylic acid groups (broad SMARTS) is 1. The summed E-state index contributed by atoms with van der Waals surface area (Å²) < 4.78 is 0.965. The van der Waals surface area contributed by atoms with Crippen molar-refractivity contribution in [3.8, 4) is 0 Å². The van der Waals surface area contributed by atoms with Gasteiger partial charge in [0.25, 0.3) is 0 Å². The van der Waals surface area contributed by atoms with Crippen molar-refractivity contribution in [1.29, 1.82) is 0 Å². The van der Waals surface area contributed by atoms with Crippen LogP contribution in [0.2, 0.25) is 0 Å². The molecular formula is C10H10BrNO2. The quantitative estimate of drug-likeness (QED) is 0.810. The molecule has 74 valence electrons. The number of carboxylic acids is 1. The Morgan fingerprint density at radius 3 is 2.93 bits per heavy atom. The van der Waals surface area contributed by atoms with Crippen molar-refractivity contribution in [2.75, 3.05) is 5.32 Å². The van der Waals surface area contributed by atoms with Gasteiger partial charge in [0.05, 0.1) is 0 Å². The molecule has 4 heteroatoms.